The molecule has 64 valence electrons. The van der Waals surface area contributed by atoms with Crippen LogP contribution in [0.1, 0.15) is 6.92 Å². The molecular weight excluding hydrogens is 160 g/mol. The maximum atomic E-state index is 12.0. The highest BCUT2D eigenvalue weighted by atomic mass is 19.3. The maximum Gasteiger partial charge on any atom is 0.322 e. The average Bonchev–Trinajstić information content (AvgIpc) is 1.80. The summed E-state index contributed by atoms with van der Waals surface area (Å²) in [7, 11) is 0. The molecule has 0 unspecified atom stereocenters. The lowest BCUT2D eigenvalue weighted by atomic mass is 10.3. The van der Waals surface area contributed by atoms with E-state index in [0.29, 0.717) is 6.92 Å². The minimum atomic E-state index is -3.52. The molecule has 1 amide bonds. The number of nitrogens with one attached hydrogen (secondary N) is 1. The Morgan fingerprint density at radius 1 is 1.55 bits per heavy atom. The van der Waals surface area contributed by atoms with Gasteiger partial charge < -0.3 is 10.4 Å². The molecule has 0 aliphatic heterocycles. The van der Waals surface area contributed by atoms with Gasteiger partial charge in [0.2, 0.25) is 0 Å². The average molecular weight is 167 g/mol. The van der Waals surface area contributed by atoms with Crippen LogP contribution in [-0.4, -0.2) is 29.5 Å². The van der Waals surface area contributed by atoms with E-state index in [1.807, 2.05) is 0 Å². The largest absolute Gasteiger partial charge is 0.480 e. The number of carboxylic acids is 1. The van der Waals surface area contributed by atoms with Gasteiger partial charge in [0.25, 0.3) is 5.91 Å². The molecule has 0 aliphatic rings. The zero-order chi connectivity index (χ0) is 9.07. The van der Waals surface area contributed by atoms with Crippen LogP contribution in [-0.2, 0) is 9.59 Å². The van der Waals surface area contributed by atoms with Crippen LogP contribution in [0.25, 0.3) is 0 Å². The third-order valence-electron chi connectivity index (χ3n) is 0.799. The number of halogens is 2. The predicted molar refractivity (Wildman–Crippen MR) is 31.3 cm³/mol. The molecular formula is C5H7F2NO3. The Morgan fingerprint density at radius 2 is 2.00 bits per heavy atom. The SMILES string of the molecule is CC(F)(F)C(=O)NCC(=O)O. The van der Waals surface area contributed by atoms with Crippen LogP contribution in [0.5, 0.6) is 0 Å². The Bertz CT molecular complexity index is 175. The summed E-state index contributed by atoms with van der Waals surface area (Å²) in [4.78, 5) is 20.0. The monoisotopic (exact) mass is 167 g/mol. The first-order valence-corrected chi connectivity index (χ1v) is 2.72. The quantitative estimate of drug-likeness (QED) is 0.613. The minimum Gasteiger partial charge on any atom is -0.480 e. The lowest BCUT2D eigenvalue weighted by Crippen LogP contribution is -2.40. The molecule has 0 aromatic heterocycles. The summed E-state index contributed by atoms with van der Waals surface area (Å²) >= 11 is 0. The van der Waals surface area contributed by atoms with Crippen molar-refractivity contribution in [3.05, 3.63) is 0 Å². The van der Waals surface area contributed by atoms with E-state index in [1.165, 1.54) is 5.32 Å². The number of rotatable bonds is 3. The molecule has 4 nitrogen and oxygen atoms in total. The molecule has 0 heterocycles. The van der Waals surface area contributed by atoms with Gasteiger partial charge in [-0.25, -0.2) is 0 Å². The van der Waals surface area contributed by atoms with E-state index < -0.39 is 24.3 Å². The van der Waals surface area contributed by atoms with Crippen LogP contribution in [0.4, 0.5) is 8.78 Å². The molecule has 0 aliphatic carbocycles. The van der Waals surface area contributed by atoms with Crippen molar-refractivity contribution in [1.29, 1.82) is 0 Å². The highest BCUT2D eigenvalue weighted by molar-refractivity contribution is 5.85. The summed E-state index contributed by atoms with van der Waals surface area (Å²) in [6, 6.07) is 0. The zero-order valence-electron chi connectivity index (χ0n) is 5.73. The topological polar surface area (TPSA) is 66.4 Å². The third kappa shape index (κ3) is 4.24. The second-order valence-corrected chi connectivity index (χ2v) is 1.96. The molecule has 0 radical (unpaired) electrons. The van der Waals surface area contributed by atoms with E-state index in [0.717, 1.165) is 0 Å². The van der Waals surface area contributed by atoms with Gasteiger partial charge in [-0.15, -0.1) is 0 Å². The van der Waals surface area contributed by atoms with E-state index >= 15 is 0 Å². The van der Waals surface area contributed by atoms with Gasteiger partial charge in [-0.2, -0.15) is 8.78 Å². The van der Waals surface area contributed by atoms with E-state index in [4.69, 9.17) is 5.11 Å². The first-order chi connectivity index (χ1) is 4.84. The van der Waals surface area contributed by atoms with Gasteiger partial charge >= 0.3 is 11.9 Å². The van der Waals surface area contributed by atoms with Crippen molar-refractivity contribution >= 4 is 11.9 Å². The Labute approximate surface area is 61.2 Å². The zero-order valence-corrected chi connectivity index (χ0v) is 5.73. The van der Waals surface area contributed by atoms with Gasteiger partial charge in [-0.3, -0.25) is 9.59 Å². The fourth-order valence-electron chi connectivity index (χ4n) is 0.311. The summed E-state index contributed by atoms with van der Waals surface area (Å²) in [5.41, 5.74) is 0. The standard InChI is InChI=1S/C5H7F2NO3/c1-5(6,7)4(11)8-2-3(9)10/h2H2,1H3,(H,8,11)(H,9,10). The van der Waals surface area contributed by atoms with E-state index in [-0.39, 0.29) is 0 Å². The molecule has 6 heteroatoms. The number of carboxylic acid groups (broad SMARTS) is 1. The number of hydrogen-bond acceptors (Lipinski definition) is 2. The smallest absolute Gasteiger partial charge is 0.322 e. The number of amides is 1. The highest BCUT2D eigenvalue weighted by Crippen LogP contribution is 2.10. The molecule has 0 fully saturated rings. The van der Waals surface area contributed by atoms with Crippen molar-refractivity contribution < 1.29 is 23.5 Å². The number of carbonyl (C=O) groups excluding carboxylic acids is 1. The van der Waals surface area contributed by atoms with Gasteiger partial charge in [0.05, 0.1) is 0 Å². The molecule has 0 aromatic carbocycles. The van der Waals surface area contributed by atoms with E-state index in [9.17, 15) is 18.4 Å². The first kappa shape index (κ1) is 9.80. The first-order valence-electron chi connectivity index (χ1n) is 2.72. The fraction of sp³-hybridized carbons (Fsp3) is 0.600. The van der Waals surface area contributed by atoms with Crippen molar-refractivity contribution in [2.75, 3.05) is 6.54 Å². The molecule has 2 N–H and O–H groups in total. The second-order valence-electron chi connectivity index (χ2n) is 1.96. The molecule has 0 aromatic rings. The molecule has 0 spiro atoms. The van der Waals surface area contributed by atoms with Gasteiger partial charge in [0.1, 0.15) is 6.54 Å². The van der Waals surface area contributed by atoms with E-state index in [2.05, 4.69) is 0 Å². The maximum absolute atomic E-state index is 12.0. The number of carbonyl (C=O) groups is 2. The number of aliphatic carboxylic acids is 1. The van der Waals surface area contributed by atoms with Gasteiger partial charge in [0, 0.05) is 6.92 Å². The van der Waals surface area contributed by atoms with Gasteiger partial charge in [-0.05, 0) is 0 Å². The molecule has 0 saturated carbocycles. The fourth-order valence-corrected chi connectivity index (χ4v) is 0.311. The second kappa shape index (κ2) is 3.27. The highest BCUT2D eigenvalue weighted by Gasteiger charge is 2.31. The van der Waals surface area contributed by atoms with Gasteiger partial charge in [-0.1, -0.05) is 0 Å². The molecule has 0 atom stereocenters. The summed E-state index contributed by atoms with van der Waals surface area (Å²) in [5, 5.41) is 9.50. The molecule has 0 bridgehead atoms. The lowest BCUT2D eigenvalue weighted by Gasteiger charge is -2.08. The Balaban J connectivity index is 3.80. The van der Waals surface area contributed by atoms with Crippen LogP contribution >= 0.6 is 0 Å². The van der Waals surface area contributed by atoms with Crippen molar-refractivity contribution in [3.8, 4) is 0 Å². The van der Waals surface area contributed by atoms with Crippen molar-refractivity contribution in [1.82, 2.24) is 5.32 Å². The van der Waals surface area contributed by atoms with Crippen molar-refractivity contribution in [2.45, 2.75) is 12.8 Å². The minimum absolute atomic E-state index is 0.393. The number of hydrogen-bond donors (Lipinski definition) is 2. The summed E-state index contributed by atoms with van der Waals surface area (Å²) in [6.45, 7) is -0.396. The Kier molecular flexibility index (Phi) is 2.91. The summed E-state index contributed by atoms with van der Waals surface area (Å²) < 4.78 is 23.9. The van der Waals surface area contributed by atoms with Crippen LogP contribution in [0.3, 0.4) is 0 Å². The van der Waals surface area contributed by atoms with E-state index in [1.54, 1.807) is 0 Å². The van der Waals surface area contributed by atoms with Crippen LogP contribution in [0, 0.1) is 0 Å². The molecule has 0 rings (SSSR count). The van der Waals surface area contributed by atoms with Crippen molar-refractivity contribution in [3.63, 3.8) is 0 Å². The molecule has 0 saturated heterocycles. The van der Waals surface area contributed by atoms with Crippen LogP contribution < -0.4 is 5.32 Å². The molecule has 11 heavy (non-hydrogen) atoms. The van der Waals surface area contributed by atoms with Gasteiger partial charge in [0.15, 0.2) is 0 Å². The van der Waals surface area contributed by atoms with Crippen molar-refractivity contribution in [2.24, 2.45) is 0 Å². The lowest BCUT2D eigenvalue weighted by molar-refractivity contribution is -0.146. The Hall–Kier alpha value is -1.20. The third-order valence-corrected chi connectivity index (χ3v) is 0.799. The summed E-state index contributed by atoms with van der Waals surface area (Å²) in [6.07, 6.45) is 0. The van der Waals surface area contributed by atoms with Crippen LogP contribution in [0.15, 0.2) is 0 Å². The summed E-state index contributed by atoms with van der Waals surface area (Å²) in [5.74, 6) is -6.46. The predicted octanol–water partition coefficient (Wildman–Crippen LogP) is -0.158. The normalized spacial score (nSPS) is 10.8. The Morgan fingerprint density at radius 3 is 2.27 bits per heavy atom. The number of alkyl halides is 2. The van der Waals surface area contributed by atoms with Crippen LogP contribution in [0.2, 0.25) is 0 Å².